The molecule has 0 amide bonds. The average molecular weight is 364 g/mol. The second kappa shape index (κ2) is 6.38. The summed E-state index contributed by atoms with van der Waals surface area (Å²) in [5, 5.41) is 1.48. The molecule has 2 heterocycles. The normalized spacial score (nSPS) is 23.5. The molecule has 4 aromatic rings. The Morgan fingerprint density at radius 1 is 0.679 bits per heavy atom. The fourth-order valence-corrected chi connectivity index (χ4v) is 5.92. The summed E-state index contributed by atoms with van der Waals surface area (Å²) >= 11 is 0. The van der Waals surface area contributed by atoms with Gasteiger partial charge in [0.05, 0.1) is 6.04 Å². The summed E-state index contributed by atoms with van der Waals surface area (Å²) in [5.74, 6) is 1.24. The molecule has 0 saturated carbocycles. The molecule has 1 nitrogen and oxygen atoms in total. The van der Waals surface area contributed by atoms with E-state index in [-0.39, 0.29) is 0 Å². The second-order valence-electron chi connectivity index (χ2n) is 8.43. The summed E-state index contributed by atoms with van der Waals surface area (Å²) in [6.45, 7) is 0. The van der Waals surface area contributed by atoms with E-state index in [9.17, 15) is 0 Å². The van der Waals surface area contributed by atoms with Crippen molar-refractivity contribution >= 4 is 10.9 Å². The Morgan fingerprint density at radius 3 is 2.14 bits per heavy atom. The minimum atomic E-state index is 0.411. The average Bonchev–Trinajstić information content (AvgIpc) is 3.12. The van der Waals surface area contributed by atoms with Crippen LogP contribution < -0.4 is 0 Å². The van der Waals surface area contributed by atoms with Gasteiger partial charge in [0, 0.05) is 22.5 Å². The number of nitrogens with zero attached hydrogens (tertiary/aromatic N) is 1. The summed E-state index contributed by atoms with van der Waals surface area (Å²) in [6.07, 6.45) is 5.03. The highest BCUT2D eigenvalue weighted by Gasteiger charge is 2.40. The molecule has 28 heavy (non-hydrogen) atoms. The zero-order valence-electron chi connectivity index (χ0n) is 16.1. The van der Waals surface area contributed by atoms with Crippen LogP contribution in [-0.2, 0) is 6.42 Å². The predicted octanol–water partition coefficient (Wildman–Crippen LogP) is 6.84. The van der Waals surface area contributed by atoms with Crippen LogP contribution in [0.3, 0.4) is 0 Å². The van der Waals surface area contributed by atoms with Gasteiger partial charge in [-0.3, -0.25) is 0 Å². The van der Waals surface area contributed by atoms with Crippen LogP contribution in [0.25, 0.3) is 10.9 Å². The molecule has 1 heteroatoms. The van der Waals surface area contributed by atoms with Crippen LogP contribution in [0.2, 0.25) is 0 Å². The zero-order valence-corrected chi connectivity index (χ0v) is 16.1. The summed E-state index contributed by atoms with van der Waals surface area (Å²) in [6, 6.07) is 31.9. The van der Waals surface area contributed by atoms with Crippen molar-refractivity contribution in [3.63, 3.8) is 0 Å². The van der Waals surface area contributed by atoms with Crippen molar-refractivity contribution in [1.29, 1.82) is 0 Å². The third kappa shape index (κ3) is 2.32. The monoisotopic (exact) mass is 363 g/mol. The molecular weight excluding hydrogens is 338 g/mol. The maximum Gasteiger partial charge on any atom is 0.0594 e. The van der Waals surface area contributed by atoms with Gasteiger partial charge in [-0.15, -0.1) is 0 Å². The molecule has 3 atom stereocenters. The van der Waals surface area contributed by atoms with Crippen LogP contribution in [-0.4, -0.2) is 4.57 Å². The third-order valence-corrected chi connectivity index (χ3v) is 7.04. The molecule has 0 radical (unpaired) electrons. The van der Waals surface area contributed by atoms with Gasteiger partial charge in [-0.2, -0.15) is 0 Å². The first-order valence-corrected chi connectivity index (χ1v) is 10.6. The van der Waals surface area contributed by atoms with E-state index in [4.69, 9.17) is 0 Å². The van der Waals surface area contributed by atoms with Crippen molar-refractivity contribution in [3.8, 4) is 0 Å². The van der Waals surface area contributed by atoms with E-state index in [0.717, 1.165) is 0 Å². The van der Waals surface area contributed by atoms with E-state index in [1.165, 1.54) is 47.7 Å². The molecular formula is C27H25N. The molecule has 0 fully saturated rings. The van der Waals surface area contributed by atoms with Gasteiger partial charge in [-0.25, -0.2) is 0 Å². The van der Waals surface area contributed by atoms with Gasteiger partial charge in [0.15, 0.2) is 0 Å². The Balaban J connectivity index is 1.64. The molecule has 3 aromatic carbocycles. The van der Waals surface area contributed by atoms with Crippen molar-refractivity contribution in [1.82, 2.24) is 4.57 Å². The van der Waals surface area contributed by atoms with Gasteiger partial charge in [-0.1, -0.05) is 78.9 Å². The predicted molar refractivity (Wildman–Crippen MR) is 116 cm³/mol. The zero-order chi connectivity index (χ0) is 18.5. The maximum absolute atomic E-state index is 2.71. The molecule has 0 saturated heterocycles. The first kappa shape index (κ1) is 16.2. The van der Waals surface area contributed by atoms with Gasteiger partial charge in [0.25, 0.3) is 0 Å². The van der Waals surface area contributed by atoms with Gasteiger partial charge >= 0.3 is 0 Å². The van der Waals surface area contributed by atoms with Crippen molar-refractivity contribution in [2.45, 2.75) is 43.6 Å². The topological polar surface area (TPSA) is 4.93 Å². The fraction of sp³-hybridized carbons (Fsp3) is 0.259. The SMILES string of the molecule is c1ccc([C@H]2C[C@@H](c3ccccc3)n3c4c(c5ccccc53)CCC[C@@H]42)cc1. The van der Waals surface area contributed by atoms with Crippen LogP contribution in [0, 0.1) is 0 Å². The lowest BCUT2D eigenvalue weighted by Gasteiger charge is -2.41. The highest BCUT2D eigenvalue weighted by atomic mass is 15.1. The molecule has 1 aliphatic carbocycles. The van der Waals surface area contributed by atoms with Gasteiger partial charge in [0.2, 0.25) is 0 Å². The number of hydrogen-bond acceptors (Lipinski definition) is 0. The van der Waals surface area contributed by atoms with Crippen LogP contribution in [0.15, 0.2) is 84.9 Å². The standard InChI is InChI=1S/C27H25N/c1-3-10-19(11-4-1)24-18-26(20-12-5-2-6-13-20)28-25-17-8-7-14-21(25)22-15-9-16-23(24)27(22)28/h1-8,10-14,17,23-24,26H,9,15-16,18H2/t23-,24-,26+/m1/s1. The van der Waals surface area contributed by atoms with E-state index in [1.807, 2.05) is 0 Å². The Morgan fingerprint density at radius 2 is 1.36 bits per heavy atom. The molecule has 138 valence electrons. The summed E-state index contributed by atoms with van der Waals surface area (Å²) in [4.78, 5) is 0. The minimum Gasteiger partial charge on any atom is -0.336 e. The number of hydrogen-bond donors (Lipinski definition) is 0. The summed E-state index contributed by atoms with van der Waals surface area (Å²) < 4.78 is 2.71. The number of aryl methyl sites for hydroxylation is 1. The Hall–Kier alpha value is -2.80. The molecule has 0 N–H and O–H groups in total. The lowest BCUT2D eigenvalue weighted by molar-refractivity contribution is 0.331. The quantitative estimate of drug-likeness (QED) is 0.367. The van der Waals surface area contributed by atoms with Crippen molar-refractivity contribution in [3.05, 3.63) is 107 Å². The minimum absolute atomic E-state index is 0.411. The Kier molecular flexibility index (Phi) is 3.68. The Labute approximate surface area is 166 Å². The molecule has 0 bridgehead atoms. The fourth-order valence-electron chi connectivity index (χ4n) is 5.92. The van der Waals surface area contributed by atoms with Crippen molar-refractivity contribution in [2.75, 3.05) is 0 Å². The highest BCUT2D eigenvalue weighted by molar-refractivity contribution is 5.86. The van der Waals surface area contributed by atoms with E-state index in [2.05, 4.69) is 89.5 Å². The van der Waals surface area contributed by atoms with Crippen LogP contribution in [0.4, 0.5) is 0 Å². The lowest BCUT2D eigenvalue weighted by atomic mass is 9.70. The molecule has 1 aliphatic heterocycles. The van der Waals surface area contributed by atoms with E-state index < -0.39 is 0 Å². The number of aromatic nitrogens is 1. The van der Waals surface area contributed by atoms with E-state index >= 15 is 0 Å². The third-order valence-electron chi connectivity index (χ3n) is 7.04. The molecule has 1 aromatic heterocycles. The summed E-state index contributed by atoms with van der Waals surface area (Å²) in [5.41, 5.74) is 7.63. The van der Waals surface area contributed by atoms with E-state index in [1.54, 1.807) is 11.3 Å². The number of para-hydroxylation sites is 1. The Bertz CT molecular complexity index is 1120. The van der Waals surface area contributed by atoms with Gasteiger partial charge < -0.3 is 4.57 Å². The van der Waals surface area contributed by atoms with Crippen LogP contribution in [0.1, 0.15) is 59.5 Å². The van der Waals surface area contributed by atoms with Crippen LogP contribution >= 0.6 is 0 Å². The lowest BCUT2D eigenvalue weighted by Crippen LogP contribution is -2.30. The van der Waals surface area contributed by atoms with Crippen molar-refractivity contribution in [2.24, 2.45) is 0 Å². The van der Waals surface area contributed by atoms with Gasteiger partial charge in [0.1, 0.15) is 0 Å². The van der Waals surface area contributed by atoms with Crippen molar-refractivity contribution < 1.29 is 0 Å². The molecule has 0 unspecified atom stereocenters. The first-order chi connectivity index (χ1) is 13.9. The summed E-state index contributed by atoms with van der Waals surface area (Å²) in [7, 11) is 0. The number of fused-ring (bicyclic) bond motifs is 3. The smallest absolute Gasteiger partial charge is 0.0594 e. The molecule has 2 aliphatic rings. The van der Waals surface area contributed by atoms with E-state index in [0.29, 0.717) is 17.9 Å². The van der Waals surface area contributed by atoms with Crippen LogP contribution in [0.5, 0.6) is 0 Å². The molecule has 6 rings (SSSR count). The second-order valence-corrected chi connectivity index (χ2v) is 8.43. The largest absolute Gasteiger partial charge is 0.336 e. The number of rotatable bonds is 2. The number of benzene rings is 3. The maximum atomic E-state index is 2.71. The highest BCUT2D eigenvalue weighted by Crippen LogP contribution is 2.54. The molecule has 0 spiro atoms. The first-order valence-electron chi connectivity index (χ1n) is 10.6. The van der Waals surface area contributed by atoms with Gasteiger partial charge in [-0.05, 0) is 54.4 Å².